The van der Waals surface area contributed by atoms with Gasteiger partial charge in [0.2, 0.25) is 0 Å². The quantitative estimate of drug-likeness (QED) is 0.762. The zero-order valence-corrected chi connectivity index (χ0v) is 9.37. The van der Waals surface area contributed by atoms with E-state index in [1.807, 2.05) is 31.2 Å². The van der Waals surface area contributed by atoms with E-state index in [9.17, 15) is 8.42 Å². The van der Waals surface area contributed by atoms with Gasteiger partial charge in [0.25, 0.3) is 10.1 Å². The number of nitrogens with two attached hydrogens (primary N) is 1. The average Bonchev–Trinajstić information content (AvgIpc) is 2.14. The standard InChI is InChI=1S/C10H15NO3S/c1-8-2-4-9(5-3-8)10(11)6-7-15(12,13)14/h2-5,10H,6-7,11H2,1H3,(H,12,13,14). The molecule has 84 valence electrons. The largest absolute Gasteiger partial charge is 0.324 e. The fourth-order valence-corrected chi connectivity index (χ4v) is 1.81. The molecule has 1 aromatic rings. The van der Waals surface area contributed by atoms with E-state index in [0.717, 1.165) is 11.1 Å². The van der Waals surface area contributed by atoms with Crippen LogP contribution in [-0.4, -0.2) is 18.7 Å². The molecule has 0 spiro atoms. The van der Waals surface area contributed by atoms with Crippen LogP contribution in [0.15, 0.2) is 24.3 Å². The van der Waals surface area contributed by atoms with Gasteiger partial charge in [0, 0.05) is 6.04 Å². The van der Waals surface area contributed by atoms with E-state index >= 15 is 0 Å². The van der Waals surface area contributed by atoms with Crippen molar-refractivity contribution in [3.05, 3.63) is 35.4 Å². The Hall–Kier alpha value is -0.910. The Morgan fingerprint density at radius 2 is 1.87 bits per heavy atom. The molecule has 1 rings (SSSR count). The van der Waals surface area contributed by atoms with Crippen molar-refractivity contribution < 1.29 is 13.0 Å². The SMILES string of the molecule is Cc1ccc(C(N)CCS(=O)(=O)O)cc1. The van der Waals surface area contributed by atoms with E-state index in [1.165, 1.54) is 0 Å². The molecule has 0 aliphatic rings. The summed E-state index contributed by atoms with van der Waals surface area (Å²) in [6.45, 7) is 1.97. The first-order valence-electron chi connectivity index (χ1n) is 4.66. The average molecular weight is 229 g/mol. The highest BCUT2D eigenvalue weighted by molar-refractivity contribution is 7.85. The second-order valence-electron chi connectivity index (χ2n) is 3.59. The summed E-state index contributed by atoms with van der Waals surface area (Å²) in [6, 6.07) is 7.21. The lowest BCUT2D eigenvalue weighted by Gasteiger charge is -2.10. The van der Waals surface area contributed by atoms with Gasteiger partial charge in [-0.15, -0.1) is 0 Å². The van der Waals surface area contributed by atoms with E-state index in [4.69, 9.17) is 10.3 Å². The van der Waals surface area contributed by atoms with Crippen LogP contribution in [0.2, 0.25) is 0 Å². The van der Waals surface area contributed by atoms with Crippen LogP contribution in [0.25, 0.3) is 0 Å². The number of hydrogen-bond donors (Lipinski definition) is 2. The molecule has 0 bridgehead atoms. The maximum Gasteiger partial charge on any atom is 0.264 e. The molecule has 0 aromatic heterocycles. The van der Waals surface area contributed by atoms with E-state index in [1.54, 1.807) is 0 Å². The van der Waals surface area contributed by atoms with Crippen molar-refractivity contribution in [3.63, 3.8) is 0 Å². The normalized spacial score (nSPS) is 13.8. The van der Waals surface area contributed by atoms with Crippen LogP contribution in [0, 0.1) is 6.92 Å². The Labute approximate surface area is 89.9 Å². The van der Waals surface area contributed by atoms with E-state index in [2.05, 4.69) is 0 Å². The third kappa shape index (κ3) is 4.42. The number of benzene rings is 1. The lowest BCUT2D eigenvalue weighted by atomic mass is 10.0. The molecule has 15 heavy (non-hydrogen) atoms. The Morgan fingerprint density at radius 1 is 1.33 bits per heavy atom. The second-order valence-corrected chi connectivity index (χ2v) is 5.16. The third-order valence-corrected chi connectivity index (χ3v) is 2.94. The van der Waals surface area contributed by atoms with E-state index in [0.29, 0.717) is 0 Å². The molecule has 0 fully saturated rings. The first-order chi connectivity index (χ1) is 6.88. The molecule has 4 nitrogen and oxygen atoms in total. The molecule has 0 radical (unpaired) electrons. The van der Waals surface area contributed by atoms with Gasteiger partial charge in [-0.3, -0.25) is 4.55 Å². The van der Waals surface area contributed by atoms with Crippen LogP contribution in [0.3, 0.4) is 0 Å². The first kappa shape index (κ1) is 12.2. The van der Waals surface area contributed by atoms with Crippen molar-refractivity contribution in [2.24, 2.45) is 5.73 Å². The van der Waals surface area contributed by atoms with Gasteiger partial charge in [-0.05, 0) is 18.9 Å². The Balaban J connectivity index is 2.61. The van der Waals surface area contributed by atoms with E-state index in [-0.39, 0.29) is 18.2 Å². The molecular weight excluding hydrogens is 214 g/mol. The lowest BCUT2D eigenvalue weighted by molar-refractivity contribution is 0.477. The highest BCUT2D eigenvalue weighted by Gasteiger charge is 2.10. The van der Waals surface area contributed by atoms with Crippen molar-refractivity contribution in [3.8, 4) is 0 Å². The minimum atomic E-state index is -3.92. The summed E-state index contributed by atoms with van der Waals surface area (Å²) in [7, 11) is -3.92. The highest BCUT2D eigenvalue weighted by Crippen LogP contribution is 2.15. The molecule has 0 amide bonds. The summed E-state index contributed by atoms with van der Waals surface area (Å²) < 4.78 is 29.6. The fraction of sp³-hybridized carbons (Fsp3) is 0.400. The van der Waals surface area contributed by atoms with Crippen LogP contribution in [0.5, 0.6) is 0 Å². The van der Waals surface area contributed by atoms with Gasteiger partial charge in [-0.2, -0.15) is 8.42 Å². The predicted octanol–water partition coefficient (Wildman–Crippen LogP) is 1.27. The fourth-order valence-electron chi connectivity index (χ4n) is 1.26. The van der Waals surface area contributed by atoms with Gasteiger partial charge >= 0.3 is 0 Å². The second kappa shape index (κ2) is 4.74. The van der Waals surface area contributed by atoms with Crippen LogP contribution in [0.4, 0.5) is 0 Å². The summed E-state index contributed by atoms with van der Waals surface area (Å²) in [5.74, 6) is -0.304. The summed E-state index contributed by atoms with van der Waals surface area (Å²) >= 11 is 0. The molecule has 1 unspecified atom stereocenters. The number of rotatable bonds is 4. The molecule has 0 aliphatic heterocycles. The predicted molar refractivity (Wildman–Crippen MR) is 59.1 cm³/mol. The van der Waals surface area contributed by atoms with E-state index < -0.39 is 10.1 Å². The number of aryl methyl sites for hydroxylation is 1. The molecule has 1 aromatic carbocycles. The van der Waals surface area contributed by atoms with Gasteiger partial charge in [-0.1, -0.05) is 29.8 Å². The van der Waals surface area contributed by atoms with Gasteiger partial charge in [0.05, 0.1) is 5.75 Å². The maximum absolute atomic E-state index is 10.5. The smallest absolute Gasteiger partial charge is 0.264 e. The van der Waals surface area contributed by atoms with Crippen molar-refractivity contribution >= 4 is 10.1 Å². The third-order valence-electron chi connectivity index (χ3n) is 2.19. The Morgan fingerprint density at radius 3 is 2.33 bits per heavy atom. The molecule has 1 atom stereocenters. The lowest BCUT2D eigenvalue weighted by Crippen LogP contribution is -2.15. The molecule has 0 saturated carbocycles. The molecule has 3 N–H and O–H groups in total. The first-order valence-corrected chi connectivity index (χ1v) is 6.27. The van der Waals surface area contributed by atoms with Gasteiger partial charge < -0.3 is 5.73 Å². The van der Waals surface area contributed by atoms with Crippen LogP contribution in [-0.2, 0) is 10.1 Å². The van der Waals surface area contributed by atoms with Crippen molar-refractivity contribution in [2.75, 3.05) is 5.75 Å². The topological polar surface area (TPSA) is 80.4 Å². The summed E-state index contributed by atoms with van der Waals surface area (Å²) in [6.07, 6.45) is 0.224. The van der Waals surface area contributed by atoms with Crippen LogP contribution >= 0.6 is 0 Å². The summed E-state index contributed by atoms with van der Waals surface area (Å²) in [4.78, 5) is 0. The van der Waals surface area contributed by atoms with Crippen LogP contribution in [0.1, 0.15) is 23.6 Å². The van der Waals surface area contributed by atoms with Gasteiger partial charge in [0.15, 0.2) is 0 Å². The van der Waals surface area contributed by atoms with Crippen molar-refractivity contribution in [1.82, 2.24) is 0 Å². The molecule has 5 heteroatoms. The van der Waals surface area contributed by atoms with Crippen molar-refractivity contribution in [1.29, 1.82) is 0 Å². The van der Waals surface area contributed by atoms with Gasteiger partial charge in [0.1, 0.15) is 0 Å². The molecule has 0 saturated heterocycles. The molecule has 0 aliphatic carbocycles. The molecular formula is C10H15NO3S. The van der Waals surface area contributed by atoms with Crippen molar-refractivity contribution in [2.45, 2.75) is 19.4 Å². The summed E-state index contributed by atoms with van der Waals surface area (Å²) in [5, 5.41) is 0. The maximum atomic E-state index is 10.5. The monoisotopic (exact) mass is 229 g/mol. The van der Waals surface area contributed by atoms with Gasteiger partial charge in [-0.25, -0.2) is 0 Å². The Kier molecular flexibility index (Phi) is 3.84. The number of hydrogen-bond acceptors (Lipinski definition) is 3. The highest BCUT2D eigenvalue weighted by atomic mass is 32.2. The minimum Gasteiger partial charge on any atom is -0.324 e. The van der Waals surface area contributed by atoms with Crippen LogP contribution < -0.4 is 5.73 Å². The molecule has 0 heterocycles. The minimum absolute atomic E-state index is 0.224. The zero-order chi connectivity index (χ0) is 11.5. The zero-order valence-electron chi connectivity index (χ0n) is 8.55. The summed E-state index contributed by atoms with van der Waals surface area (Å²) in [5.41, 5.74) is 7.78. The Bertz CT molecular complexity index is 411.